The number of halogens is 2. The van der Waals surface area contributed by atoms with Crippen LogP contribution in [0.2, 0.25) is 5.02 Å². The highest BCUT2D eigenvalue weighted by molar-refractivity contribution is 9.10. The highest BCUT2D eigenvalue weighted by Gasteiger charge is 2.20. The Balaban J connectivity index is 1.93. The van der Waals surface area contributed by atoms with Crippen LogP contribution in [0, 0.1) is 0 Å². The fraction of sp³-hybridized carbons (Fsp3) is 0.235. The summed E-state index contributed by atoms with van der Waals surface area (Å²) in [7, 11) is 0. The van der Waals surface area contributed by atoms with Crippen LogP contribution in [0.1, 0.15) is 25.5 Å². The molecule has 0 saturated carbocycles. The van der Waals surface area contributed by atoms with E-state index in [2.05, 4.69) is 28.2 Å². The Kier molecular flexibility index (Phi) is 6.00. The molecule has 2 rings (SSSR count). The Morgan fingerprint density at radius 3 is 2.27 bits per heavy atom. The van der Waals surface area contributed by atoms with Gasteiger partial charge in [0.15, 0.2) is 6.04 Å². The van der Waals surface area contributed by atoms with Crippen molar-refractivity contribution in [3.63, 3.8) is 0 Å². The minimum Gasteiger partial charge on any atom is -0.330 e. The number of amides is 1. The molecule has 0 aromatic heterocycles. The van der Waals surface area contributed by atoms with Gasteiger partial charge in [-0.3, -0.25) is 4.79 Å². The molecule has 3 N–H and O–H groups in total. The number of nitrogens with one attached hydrogen (secondary N) is 1. The van der Waals surface area contributed by atoms with Gasteiger partial charge >= 0.3 is 0 Å². The number of rotatable bonds is 5. The molecule has 5 heteroatoms. The minimum atomic E-state index is -0.186. The summed E-state index contributed by atoms with van der Waals surface area (Å²) in [4.78, 5) is 12.2. The lowest BCUT2D eigenvalue weighted by Gasteiger charge is -2.17. The largest absolute Gasteiger partial charge is 0.330 e. The van der Waals surface area contributed by atoms with Gasteiger partial charge in [0.2, 0.25) is 0 Å². The molecule has 0 aliphatic heterocycles. The molecule has 1 amide bonds. The second kappa shape index (κ2) is 7.77. The van der Waals surface area contributed by atoms with Crippen LogP contribution < -0.4 is 10.6 Å². The molecular weight excluding hydrogens is 364 g/mol. The number of carbonyl (C=O) groups is 1. The Morgan fingerprint density at radius 2 is 1.68 bits per heavy atom. The predicted molar refractivity (Wildman–Crippen MR) is 94.0 cm³/mol. The van der Waals surface area contributed by atoms with E-state index in [0.717, 1.165) is 20.7 Å². The number of hydrogen-bond donors (Lipinski definition) is 2. The summed E-state index contributed by atoms with van der Waals surface area (Å²) in [5.74, 6) is -0.0110. The van der Waals surface area contributed by atoms with Gasteiger partial charge in [-0.05, 0) is 50.2 Å². The maximum absolute atomic E-state index is 12.2. The molecule has 0 fully saturated rings. The molecule has 0 aliphatic carbocycles. The summed E-state index contributed by atoms with van der Waals surface area (Å²) < 4.78 is 0.987. The van der Waals surface area contributed by atoms with Gasteiger partial charge in [0.25, 0.3) is 5.91 Å². The second-order valence-electron chi connectivity index (χ2n) is 5.32. The minimum absolute atomic E-state index is 0.0110. The lowest BCUT2D eigenvalue weighted by atomic mass is 10.1. The fourth-order valence-corrected chi connectivity index (χ4v) is 2.58. The van der Waals surface area contributed by atoms with Crippen molar-refractivity contribution in [1.82, 2.24) is 0 Å². The van der Waals surface area contributed by atoms with Gasteiger partial charge in [-0.25, -0.2) is 0 Å². The topological polar surface area (TPSA) is 45.7 Å². The maximum Gasteiger partial charge on any atom is 0.282 e. The fourth-order valence-electron chi connectivity index (χ4n) is 2.19. The van der Waals surface area contributed by atoms with Crippen LogP contribution in [0.15, 0.2) is 53.0 Å². The number of anilines is 1. The highest BCUT2D eigenvalue weighted by atomic mass is 79.9. The molecule has 0 spiro atoms. The third-order valence-electron chi connectivity index (χ3n) is 3.50. The van der Waals surface area contributed by atoms with Crippen LogP contribution in [0.4, 0.5) is 5.69 Å². The van der Waals surface area contributed by atoms with Gasteiger partial charge in [0.1, 0.15) is 6.04 Å². The van der Waals surface area contributed by atoms with Gasteiger partial charge in [0, 0.05) is 20.7 Å². The second-order valence-corrected chi connectivity index (χ2v) is 6.67. The van der Waals surface area contributed by atoms with Crippen molar-refractivity contribution in [2.45, 2.75) is 25.9 Å². The number of carbonyl (C=O) groups excluding carboxylic acids is 1. The van der Waals surface area contributed by atoms with Gasteiger partial charge in [-0.15, -0.1) is 0 Å². The highest BCUT2D eigenvalue weighted by Crippen LogP contribution is 2.15. The van der Waals surface area contributed by atoms with Crippen LogP contribution in [0.3, 0.4) is 0 Å². The lowest BCUT2D eigenvalue weighted by molar-refractivity contribution is -0.709. The summed E-state index contributed by atoms with van der Waals surface area (Å²) in [6.07, 6.45) is 0. The van der Waals surface area contributed by atoms with Crippen molar-refractivity contribution in [2.24, 2.45) is 0 Å². The first kappa shape index (κ1) is 17.0. The van der Waals surface area contributed by atoms with Crippen molar-refractivity contribution < 1.29 is 10.1 Å². The molecule has 0 aliphatic rings. The molecule has 0 heterocycles. The third kappa shape index (κ3) is 4.83. The van der Waals surface area contributed by atoms with Crippen molar-refractivity contribution in [1.29, 1.82) is 0 Å². The van der Waals surface area contributed by atoms with Crippen molar-refractivity contribution in [3.05, 3.63) is 63.6 Å². The number of quaternary nitrogens is 1. The molecule has 116 valence electrons. The van der Waals surface area contributed by atoms with Crippen molar-refractivity contribution >= 4 is 39.1 Å². The standard InChI is InChI=1S/C17H18BrClN2O/c1-11(13-3-7-15(19)8-4-13)20-12(2)17(22)21-16-9-5-14(18)6-10-16/h3-12,20H,1-2H3,(H,21,22)/p+1/t11-,12-/m1/s1. The van der Waals surface area contributed by atoms with Crippen LogP contribution in [0.25, 0.3) is 0 Å². The van der Waals surface area contributed by atoms with E-state index in [1.165, 1.54) is 0 Å². The first-order chi connectivity index (χ1) is 10.5. The Bertz CT molecular complexity index is 628. The van der Waals surface area contributed by atoms with Crippen molar-refractivity contribution in [3.8, 4) is 0 Å². The van der Waals surface area contributed by atoms with E-state index in [1.54, 1.807) is 0 Å². The quantitative estimate of drug-likeness (QED) is 0.812. The van der Waals surface area contributed by atoms with E-state index < -0.39 is 0 Å². The molecule has 0 saturated heterocycles. The van der Waals surface area contributed by atoms with Crippen LogP contribution in [-0.4, -0.2) is 11.9 Å². The summed E-state index contributed by atoms with van der Waals surface area (Å²) in [6.45, 7) is 3.98. The normalized spacial score (nSPS) is 13.5. The predicted octanol–water partition coefficient (Wildman–Crippen LogP) is 3.75. The number of hydrogen-bond acceptors (Lipinski definition) is 1. The lowest BCUT2D eigenvalue weighted by Crippen LogP contribution is -2.91. The Hall–Kier alpha value is -1.36. The van der Waals surface area contributed by atoms with E-state index in [4.69, 9.17) is 11.6 Å². The van der Waals surface area contributed by atoms with Gasteiger partial charge in [0.05, 0.1) is 0 Å². The first-order valence-electron chi connectivity index (χ1n) is 7.12. The van der Waals surface area contributed by atoms with Crippen LogP contribution >= 0.6 is 27.5 Å². The average Bonchev–Trinajstić information content (AvgIpc) is 2.50. The van der Waals surface area contributed by atoms with Crippen LogP contribution in [0.5, 0.6) is 0 Å². The third-order valence-corrected chi connectivity index (χ3v) is 4.28. The summed E-state index contributed by atoms with van der Waals surface area (Å²) in [6, 6.07) is 15.3. The van der Waals surface area contributed by atoms with Gasteiger partial charge < -0.3 is 10.6 Å². The molecule has 3 nitrogen and oxygen atoms in total. The zero-order valence-corrected chi connectivity index (χ0v) is 14.9. The van der Waals surface area contributed by atoms with E-state index >= 15 is 0 Å². The van der Waals surface area contributed by atoms with E-state index in [1.807, 2.05) is 60.8 Å². The molecule has 0 unspecified atom stereocenters. The summed E-state index contributed by atoms with van der Waals surface area (Å²) in [5.41, 5.74) is 1.94. The molecule has 22 heavy (non-hydrogen) atoms. The van der Waals surface area contributed by atoms with Gasteiger partial charge in [-0.2, -0.15) is 0 Å². The zero-order valence-electron chi connectivity index (χ0n) is 12.5. The average molecular weight is 383 g/mol. The number of nitrogens with two attached hydrogens (primary N) is 1. The van der Waals surface area contributed by atoms with E-state index in [-0.39, 0.29) is 18.0 Å². The molecule has 2 aromatic carbocycles. The molecule has 0 bridgehead atoms. The van der Waals surface area contributed by atoms with Gasteiger partial charge in [-0.1, -0.05) is 39.7 Å². The molecule has 2 atom stereocenters. The summed E-state index contributed by atoms with van der Waals surface area (Å²) in [5, 5.41) is 5.68. The summed E-state index contributed by atoms with van der Waals surface area (Å²) >= 11 is 9.27. The van der Waals surface area contributed by atoms with E-state index in [9.17, 15) is 4.79 Å². The Morgan fingerprint density at radius 1 is 1.09 bits per heavy atom. The molecule has 0 radical (unpaired) electrons. The molecular formula is C17H19BrClN2O+. The van der Waals surface area contributed by atoms with Crippen LogP contribution in [-0.2, 0) is 4.79 Å². The van der Waals surface area contributed by atoms with E-state index in [0.29, 0.717) is 0 Å². The Labute approximate surface area is 144 Å². The monoisotopic (exact) mass is 381 g/mol. The zero-order chi connectivity index (χ0) is 16.1. The SMILES string of the molecule is C[C@@H]([NH2+][C@H](C)c1ccc(Cl)cc1)C(=O)Nc1ccc(Br)cc1. The molecule has 2 aromatic rings. The van der Waals surface area contributed by atoms with Crippen molar-refractivity contribution in [2.75, 3.05) is 5.32 Å². The first-order valence-corrected chi connectivity index (χ1v) is 8.29. The maximum atomic E-state index is 12.2. The number of benzene rings is 2. The smallest absolute Gasteiger partial charge is 0.282 e.